The van der Waals surface area contributed by atoms with E-state index in [1.165, 1.54) is 6.42 Å². The van der Waals surface area contributed by atoms with Crippen molar-refractivity contribution in [2.24, 2.45) is 0 Å². The molecule has 2 rings (SSSR count). The molecule has 1 aromatic rings. The number of anilines is 1. The maximum atomic E-state index is 12.2. The number of hydrogen-bond acceptors (Lipinski definition) is 3. The Morgan fingerprint density at radius 2 is 2.32 bits per heavy atom. The zero-order valence-corrected chi connectivity index (χ0v) is 12.6. The minimum atomic E-state index is -0.121. The summed E-state index contributed by atoms with van der Waals surface area (Å²) in [6.45, 7) is 2.17. The van der Waals surface area contributed by atoms with Gasteiger partial charge in [0.15, 0.2) is 0 Å². The van der Waals surface area contributed by atoms with Crippen molar-refractivity contribution in [3.05, 3.63) is 28.8 Å². The zero-order chi connectivity index (χ0) is 13.8. The van der Waals surface area contributed by atoms with E-state index in [-0.39, 0.29) is 11.9 Å². The third-order valence-corrected chi connectivity index (χ3v) is 5.05. The molecular weight excluding hydrogens is 280 g/mol. The highest BCUT2D eigenvalue weighted by Gasteiger charge is 2.26. The van der Waals surface area contributed by atoms with E-state index >= 15 is 0 Å². The van der Waals surface area contributed by atoms with Gasteiger partial charge in [0.1, 0.15) is 0 Å². The SMILES string of the molecule is CCSC1CCC(NC(=O)c2cccc(N)c2Cl)C1. The van der Waals surface area contributed by atoms with Crippen molar-refractivity contribution in [2.45, 2.75) is 37.5 Å². The van der Waals surface area contributed by atoms with Crippen molar-refractivity contribution in [2.75, 3.05) is 11.5 Å². The lowest BCUT2D eigenvalue weighted by Crippen LogP contribution is -2.33. The summed E-state index contributed by atoms with van der Waals surface area (Å²) in [6, 6.07) is 5.42. The minimum Gasteiger partial charge on any atom is -0.398 e. The lowest BCUT2D eigenvalue weighted by Gasteiger charge is -2.14. The Balaban J connectivity index is 1.97. The molecule has 0 heterocycles. The van der Waals surface area contributed by atoms with Crippen LogP contribution in [0.2, 0.25) is 5.02 Å². The van der Waals surface area contributed by atoms with E-state index < -0.39 is 0 Å². The molecule has 3 nitrogen and oxygen atoms in total. The molecule has 3 N–H and O–H groups in total. The van der Waals surface area contributed by atoms with E-state index in [1.807, 2.05) is 11.8 Å². The van der Waals surface area contributed by atoms with Crippen LogP contribution < -0.4 is 11.1 Å². The standard InChI is InChI=1S/C14H19ClN2OS/c1-2-19-10-7-6-9(8-10)17-14(18)11-4-3-5-12(16)13(11)15/h3-5,9-10H,2,6-8,16H2,1H3,(H,17,18). The van der Waals surface area contributed by atoms with Crippen LogP contribution >= 0.6 is 23.4 Å². The second-order valence-electron chi connectivity index (χ2n) is 4.77. The summed E-state index contributed by atoms with van der Waals surface area (Å²) in [5, 5.41) is 4.08. The monoisotopic (exact) mass is 298 g/mol. The first-order valence-corrected chi connectivity index (χ1v) is 8.01. The molecule has 1 saturated carbocycles. The normalized spacial score (nSPS) is 22.4. The van der Waals surface area contributed by atoms with Crippen LogP contribution in [-0.4, -0.2) is 23.0 Å². The second-order valence-corrected chi connectivity index (χ2v) is 6.72. The highest BCUT2D eigenvalue weighted by molar-refractivity contribution is 7.99. The highest BCUT2D eigenvalue weighted by atomic mass is 35.5. The molecule has 0 spiro atoms. The van der Waals surface area contributed by atoms with Gasteiger partial charge in [0.05, 0.1) is 16.3 Å². The van der Waals surface area contributed by atoms with Crippen molar-refractivity contribution in [3.63, 3.8) is 0 Å². The van der Waals surface area contributed by atoms with Crippen LogP contribution in [0.15, 0.2) is 18.2 Å². The van der Waals surface area contributed by atoms with Crippen molar-refractivity contribution < 1.29 is 4.79 Å². The second kappa shape index (κ2) is 6.53. The van der Waals surface area contributed by atoms with Crippen molar-refractivity contribution in [1.29, 1.82) is 0 Å². The van der Waals surface area contributed by atoms with Gasteiger partial charge in [0.25, 0.3) is 5.91 Å². The Hall–Kier alpha value is -0.870. The summed E-state index contributed by atoms with van der Waals surface area (Å²) >= 11 is 8.04. The number of nitrogens with one attached hydrogen (secondary N) is 1. The van der Waals surface area contributed by atoms with Gasteiger partial charge in [-0.25, -0.2) is 0 Å². The third-order valence-electron chi connectivity index (χ3n) is 3.40. The molecule has 1 aliphatic carbocycles. The van der Waals surface area contributed by atoms with Gasteiger partial charge in [0, 0.05) is 11.3 Å². The Morgan fingerprint density at radius 1 is 1.53 bits per heavy atom. The van der Waals surface area contributed by atoms with Crippen LogP contribution in [-0.2, 0) is 0 Å². The quantitative estimate of drug-likeness (QED) is 0.838. The van der Waals surface area contributed by atoms with Gasteiger partial charge in [-0.2, -0.15) is 11.8 Å². The fourth-order valence-corrected chi connectivity index (χ4v) is 3.80. The Bertz CT molecular complexity index is 467. The van der Waals surface area contributed by atoms with Gasteiger partial charge in [-0.15, -0.1) is 0 Å². The predicted octanol–water partition coefficient (Wildman–Crippen LogP) is 3.33. The van der Waals surface area contributed by atoms with Gasteiger partial charge >= 0.3 is 0 Å². The molecule has 19 heavy (non-hydrogen) atoms. The smallest absolute Gasteiger partial charge is 0.253 e. The first kappa shape index (κ1) is 14.5. The molecule has 0 saturated heterocycles. The van der Waals surface area contributed by atoms with Gasteiger partial charge in [-0.3, -0.25) is 4.79 Å². The van der Waals surface area contributed by atoms with Crippen LogP contribution in [0.25, 0.3) is 0 Å². The number of hydrogen-bond donors (Lipinski definition) is 2. The van der Waals surface area contributed by atoms with E-state index in [9.17, 15) is 4.79 Å². The average Bonchev–Trinajstić information content (AvgIpc) is 2.80. The number of carbonyl (C=O) groups excluding carboxylic acids is 1. The summed E-state index contributed by atoms with van der Waals surface area (Å²) in [6.07, 6.45) is 3.27. The first-order valence-electron chi connectivity index (χ1n) is 6.58. The average molecular weight is 299 g/mol. The summed E-state index contributed by atoms with van der Waals surface area (Å²) < 4.78 is 0. The lowest BCUT2D eigenvalue weighted by molar-refractivity contribution is 0.0938. The molecule has 2 atom stereocenters. The summed E-state index contributed by atoms with van der Waals surface area (Å²) in [5.41, 5.74) is 6.62. The number of thioether (sulfide) groups is 1. The largest absolute Gasteiger partial charge is 0.398 e. The topological polar surface area (TPSA) is 55.1 Å². The molecule has 0 aliphatic heterocycles. The summed E-state index contributed by atoms with van der Waals surface area (Å²) in [7, 11) is 0. The minimum absolute atomic E-state index is 0.121. The van der Waals surface area contributed by atoms with Crippen molar-refractivity contribution in [1.82, 2.24) is 5.32 Å². The fraction of sp³-hybridized carbons (Fsp3) is 0.500. The van der Waals surface area contributed by atoms with Crippen LogP contribution in [0, 0.1) is 0 Å². The molecule has 1 amide bonds. The van der Waals surface area contributed by atoms with E-state index in [0.29, 0.717) is 21.5 Å². The maximum absolute atomic E-state index is 12.2. The number of amides is 1. The molecule has 0 bridgehead atoms. The molecule has 2 unspecified atom stereocenters. The predicted molar refractivity (Wildman–Crippen MR) is 82.9 cm³/mol. The molecule has 0 aromatic heterocycles. The molecule has 5 heteroatoms. The number of carbonyl (C=O) groups is 1. The third kappa shape index (κ3) is 3.57. The van der Waals surface area contributed by atoms with Crippen LogP contribution in [0.4, 0.5) is 5.69 Å². The van der Waals surface area contributed by atoms with Crippen molar-refractivity contribution >= 4 is 35.0 Å². The molecule has 1 fully saturated rings. The van der Waals surface area contributed by atoms with Crippen LogP contribution in [0.5, 0.6) is 0 Å². The van der Waals surface area contributed by atoms with Gasteiger partial charge < -0.3 is 11.1 Å². The molecule has 1 aromatic carbocycles. The van der Waals surface area contributed by atoms with E-state index in [1.54, 1.807) is 18.2 Å². The maximum Gasteiger partial charge on any atom is 0.253 e. The van der Waals surface area contributed by atoms with E-state index in [4.69, 9.17) is 17.3 Å². The number of nitrogen functional groups attached to an aromatic ring is 1. The molecule has 0 radical (unpaired) electrons. The van der Waals surface area contributed by atoms with Crippen LogP contribution in [0.1, 0.15) is 36.5 Å². The van der Waals surface area contributed by atoms with Crippen molar-refractivity contribution in [3.8, 4) is 0 Å². The van der Waals surface area contributed by atoms with Gasteiger partial charge in [-0.1, -0.05) is 24.6 Å². The van der Waals surface area contributed by atoms with Crippen LogP contribution in [0.3, 0.4) is 0 Å². The Kier molecular flexibility index (Phi) is 4.99. The first-order chi connectivity index (χ1) is 9.11. The summed E-state index contributed by atoms with van der Waals surface area (Å²) in [5.74, 6) is 1.01. The highest BCUT2D eigenvalue weighted by Crippen LogP contribution is 2.30. The number of benzene rings is 1. The number of rotatable bonds is 4. The van der Waals surface area contributed by atoms with E-state index in [2.05, 4.69) is 12.2 Å². The van der Waals surface area contributed by atoms with Gasteiger partial charge in [0.2, 0.25) is 0 Å². The molecular formula is C14H19ClN2OS. The molecule has 104 valence electrons. The summed E-state index contributed by atoms with van der Waals surface area (Å²) in [4.78, 5) is 12.2. The van der Waals surface area contributed by atoms with E-state index in [0.717, 1.165) is 18.6 Å². The zero-order valence-electron chi connectivity index (χ0n) is 11.0. The number of halogens is 1. The fourth-order valence-electron chi connectivity index (χ4n) is 2.45. The Morgan fingerprint density at radius 3 is 3.05 bits per heavy atom. The molecule has 1 aliphatic rings. The number of nitrogens with two attached hydrogens (primary N) is 1. The van der Waals surface area contributed by atoms with Gasteiger partial charge in [-0.05, 0) is 37.1 Å². The Labute approximate surface area is 123 Å². The lowest BCUT2D eigenvalue weighted by atomic mass is 10.1.